The van der Waals surface area contributed by atoms with Crippen LogP contribution in [0.15, 0.2) is 54.1 Å². The van der Waals surface area contributed by atoms with Gasteiger partial charge in [-0.2, -0.15) is 0 Å². The summed E-state index contributed by atoms with van der Waals surface area (Å²) in [6.07, 6.45) is 6.13. The molecule has 0 aliphatic carbocycles. The van der Waals surface area contributed by atoms with Crippen molar-refractivity contribution in [3.8, 4) is 0 Å². The number of hydrogen-bond acceptors (Lipinski definition) is 4. The first kappa shape index (κ1) is 20.2. The SMILES string of the molecule is C=CCN(C)C(=O)[C@H]1C[NH+]2CC[C@@H]1C[C@@H]2Cn1cc(CSc2ccccc2)nn1. The number of piperidine rings is 3. The highest BCUT2D eigenvalue weighted by molar-refractivity contribution is 7.98. The normalized spacial score (nSPS) is 25.7. The molecule has 1 aromatic heterocycles. The Morgan fingerprint density at radius 1 is 1.41 bits per heavy atom. The summed E-state index contributed by atoms with van der Waals surface area (Å²) in [6.45, 7) is 7.37. The average Bonchev–Trinajstić information content (AvgIpc) is 3.20. The largest absolute Gasteiger partial charge is 0.342 e. The summed E-state index contributed by atoms with van der Waals surface area (Å²) in [4.78, 5) is 17.4. The Morgan fingerprint density at radius 2 is 2.24 bits per heavy atom. The lowest BCUT2D eigenvalue weighted by atomic mass is 9.75. The molecular weight excluding hydrogens is 382 g/mol. The zero-order chi connectivity index (χ0) is 20.2. The number of carbonyl (C=O) groups is 1. The van der Waals surface area contributed by atoms with Gasteiger partial charge in [-0.25, -0.2) is 4.68 Å². The van der Waals surface area contributed by atoms with Crippen LogP contribution in [0.3, 0.4) is 0 Å². The number of likely N-dealkylation sites (N-methyl/N-ethyl adjacent to an activating group) is 1. The predicted octanol–water partition coefficient (Wildman–Crippen LogP) is 1.51. The van der Waals surface area contributed by atoms with Crippen molar-refractivity contribution in [2.45, 2.75) is 36.1 Å². The molecule has 0 spiro atoms. The van der Waals surface area contributed by atoms with E-state index in [0.717, 1.165) is 43.9 Å². The number of hydrogen-bond donors (Lipinski definition) is 1. The van der Waals surface area contributed by atoms with E-state index in [1.165, 1.54) is 4.90 Å². The van der Waals surface area contributed by atoms with Crippen LogP contribution in [0.4, 0.5) is 0 Å². The molecule has 1 amide bonds. The standard InChI is InChI=1S/C22H29N5OS/c1-3-10-25(2)22(28)21-15-26-11-9-17(21)12-19(26)14-27-13-18(23-24-27)16-29-20-7-5-4-6-8-20/h3-8,13,17,19,21H,1,9-12,14-16H2,2H3/p+1/t17-,19-,21+/m1/s1. The molecule has 3 aliphatic rings. The van der Waals surface area contributed by atoms with Gasteiger partial charge in [-0.3, -0.25) is 4.79 Å². The van der Waals surface area contributed by atoms with Gasteiger partial charge in [-0.15, -0.1) is 23.4 Å². The van der Waals surface area contributed by atoms with Crippen molar-refractivity contribution in [2.75, 3.05) is 26.7 Å². The molecule has 7 heteroatoms. The molecule has 0 saturated carbocycles. The van der Waals surface area contributed by atoms with Crippen molar-refractivity contribution < 1.29 is 9.69 Å². The number of benzene rings is 1. The molecule has 3 aliphatic heterocycles. The first-order chi connectivity index (χ1) is 14.1. The third-order valence-corrected chi connectivity index (χ3v) is 7.32. The summed E-state index contributed by atoms with van der Waals surface area (Å²) in [7, 11) is 1.89. The van der Waals surface area contributed by atoms with Crippen LogP contribution in [0, 0.1) is 11.8 Å². The number of quaternary nitrogens is 1. The topological polar surface area (TPSA) is 55.5 Å². The zero-order valence-corrected chi connectivity index (χ0v) is 17.9. The minimum atomic E-state index is 0.161. The molecule has 2 bridgehead atoms. The zero-order valence-electron chi connectivity index (χ0n) is 17.0. The number of carbonyl (C=O) groups excluding carboxylic acids is 1. The van der Waals surface area contributed by atoms with E-state index in [0.29, 0.717) is 18.5 Å². The fraction of sp³-hybridized carbons (Fsp3) is 0.500. The Labute approximate surface area is 176 Å². The number of nitrogens with zero attached hydrogens (tertiary/aromatic N) is 4. The Bertz CT molecular complexity index is 839. The minimum Gasteiger partial charge on any atom is -0.342 e. The van der Waals surface area contributed by atoms with Gasteiger partial charge < -0.3 is 9.80 Å². The Morgan fingerprint density at radius 3 is 2.97 bits per heavy atom. The van der Waals surface area contributed by atoms with Gasteiger partial charge in [-0.05, 0) is 18.1 Å². The summed E-state index contributed by atoms with van der Waals surface area (Å²) >= 11 is 1.78. The highest BCUT2D eigenvalue weighted by atomic mass is 32.2. The fourth-order valence-corrected chi connectivity index (χ4v) is 5.56. The average molecular weight is 413 g/mol. The summed E-state index contributed by atoms with van der Waals surface area (Å²) in [5.41, 5.74) is 1.02. The van der Waals surface area contributed by atoms with E-state index < -0.39 is 0 Å². The van der Waals surface area contributed by atoms with Gasteiger partial charge in [0.1, 0.15) is 6.04 Å². The van der Waals surface area contributed by atoms with Gasteiger partial charge in [0.15, 0.2) is 0 Å². The Kier molecular flexibility index (Phi) is 6.35. The maximum atomic E-state index is 12.8. The van der Waals surface area contributed by atoms with Gasteiger partial charge in [0, 0.05) is 43.3 Å². The number of rotatable bonds is 8. The first-order valence-corrected chi connectivity index (χ1v) is 11.4. The quantitative estimate of drug-likeness (QED) is 0.528. The molecule has 4 atom stereocenters. The van der Waals surface area contributed by atoms with Crippen molar-refractivity contribution >= 4 is 17.7 Å². The third kappa shape index (κ3) is 4.73. The van der Waals surface area contributed by atoms with Gasteiger partial charge in [0.05, 0.1) is 31.2 Å². The number of nitrogens with one attached hydrogen (secondary N) is 1. The molecule has 6 nitrogen and oxygen atoms in total. The highest BCUT2D eigenvalue weighted by Gasteiger charge is 2.47. The van der Waals surface area contributed by atoms with Crippen molar-refractivity contribution in [2.24, 2.45) is 11.8 Å². The highest BCUT2D eigenvalue weighted by Crippen LogP contribution is 2.29. The number of thioether (sulfide) groups is 1. The summed E-state index contributed by atoms with van der Waals surface area (Å²) in [5, 5.41) is 8.72. The lowest BCUT2D eigenvalue weighted by Crippen LogP contribution is -3.20. The van der Waals surface area contributed by atoms with E-state index in [1.807, 2.05) is 22.7 Å². The molecule has 154 valence electrons. The van der Waals surface area contributed by atoms with Gasteiger partial charge in [-0.1, -0.05) is 29.5 Å². The van der Waals surface area contributed by atoms with Gasteiger partial charge >= 0.3 is 0 Å². The van der Waals surface area contributed by atoms with E-state index in [9.17, 15) is 4.79 Å². The van der Waals surface area contributed by atoms with Crippen LogP contribution in [0.25, 0.3) is 0 Å². The van der Waals surface area contributed by atoms with Crippen LogP contribution in [-0.2, 0) is 17.1 Å². The van der Waals surface area contributed by atoms with Crippen molar-refractivity contribution in [1.82, 2.24) is 19.9 Å². The molecule has 1 aromatic carbocycles. The van der Waals surface area contributed by atoms with E-state index in [-0.39, 0.29) is 11.8 Å². The van der Waals surface area contributed by atoms with Crippen molar-refractivity contribution in [1.29, 1.82) is 0 Å². The molecule has 4 heterocycles. The first-order valence-electron chi connectivity index (χ1n) is 10.4. The van der Waals surface area contributed by atoms with Crippen LogP contribution in [-0.4, -0.2) is 58.5 Å². The second kappa shape index (κ2) is 9.13. The van der Waals surface area contributed by atoms with E-state index >= 15 is 0 Å². The lowest BCUT2D eigenvalue weighted by Gasteiger charge is -2.46. The maximum absolute atomic E-state index is 12.8. The van der Waals surface area contributed by atoms with Crippen LogP contribution >= 0.6 is 11.8 Å². The minimum absolute atomic E-state index is 0.161. The van der Waals surface area contributed by atoms with Crippen LogP contribution in [0.2, 0.25) is 0 Å². The molecule has 1 N–H and O–H groups in total. The summed E-state index contributed by atoms with van der Waals surface area (Å²) in [5.74, 6) is 1.77. The number of amides is 1. The molecule has 29 heavy (non-hydrogen) atoms. The molecule has 3 fully saturated rings. The maximum Gasteiger partial charge on any atom is 0.231 e. The Hall–Kier alpha value is -2.12. The second-order valence-electron chi connectivity index (χ2n) is 8.24. The van der Waals surface area contributed by atoms with Crippen molar-refractivity contribution in [3.05, 3.63) is 54.9 Å². The Balaban J connectivity index is 1.32. The van der Waals surface area contributed by atoms with E-state index in [1.54, 1.807) is 22.7 Å². The molecule has 0 radical (unpaired) electrons. The third-order valence-electron chi connectivity index (χ3n) is 6.27. The molecule has 1 unspecified atom stereocenters. The molecule has 2 aromatic rings. The predicted molar refractivity (Wildman–Crippen MR) is 115 cm³/mol. The monoisotopic (exact) mass is 412 g/mol. The smallest absolute Gasteiger partial charge is 0.231 e. The summed E-state index contributed by atoms with van der Waals surface area (Å²) < 4.78 is 2.00. The van der Waals surface area contributed by atoms with Gasteiger partial charge in [0.2, 0.25) is 5.91 Å². The van der Waals surface area contributed by atoms with E-state index in [4.69, 9.17) is 0 Å². The number of fused-ring (bicyclic) bond motifs is 3. The molecule has 3 saturated heterocycles. The lowest BCUT2D eigenvalue weighted by molar-refractivity contribution is -0.945. The molecular formula is C22H30N5OS+. The van der Waals surface area contributed by atoms with Crippen LogP contribution in [0.1, 0.15) is 18.5 Å². The van der Waals surface area contributed by atoms with E-state index in [2.05, 4.69) is 47.4 Å². The molecule has 5 rings (SSSR count). The second-order valence-corrected chi connectivity index (χ2v) is 9.29. The fourth-order valence-electron chi connectivity index (χ4n) is 4.76. The van der Waals surface area contributed by atoms with Crippen molar-refractivity contribution in [3.63, 3.8) is 0 Å². The summed E-state index contributed by atoms with van der Waals surface area (Å²) in [6, 6.07) is 10.9. The van der Waals surface area contributed by atoms with Gasteiger partial charge in [0.25, 0.3) is 0 Å². The number of aromatic nitrogens is 3. The van der Waals surface area contributed by atoms with Crippen LogP contribution < -0.4 is 4.90 Å². The van der Waals surface area contributed by atoms with Crippen LogP contribution in [0.5, 0.6) is 0 Å².